The van der Waals surface area contributed by atoms with E-state index >= 15 is 0 Å². The molecule has 0 fully saturated rings. The van der Waals surface area contributed by atoms with Gasteiger partial charge >= 0.3 is 0 Å². The number of rotatable bonds is 6. The van der Waals surface area contributed by atoms with E-state index in [-0.39, 0.29) is 11.5 Å². The second-order valence-corrected chi connectivity index (χ2v) is 6.43. The lowest BCUT2D eigenvalue weighted by molar-refractivity contribution is 0.101. The van der Waals surface area contributed by atoms with Crippen molar-refractivity contribution in [3.8, 4) is 0 Å². The summed E-state index contributed by atoms with van der Waals surface area (Å²) in [4.78, 5) is 2.27. The molecular formula is C16H27NO. The molecule has 1 rings (SSSR count). The highest BCUT2D eigenvalue weighted by Gasteiger charge is 2.16. The quantitative estimate of drug-likeness (QED) is 0.836. The van der Waals surface area contributed by atoms with Crippen LogP contribution in [0.4, 0.5) is 0 Å². The second-order valence-electron chi connectivity index (χ2n) is 6.43. The van der Waals surface area contributed by atoms with Crippen molar-refractivity contribution < 1.29 is 5.11 Å². The fraction of sp³-hybridized carbons (Fsp3) is 0.625. The Morgan fingerprint density at radius 2 is 1.78 bits per heavy atom. The van der Waals surface area contributed by atoms with Crippen LogP contribution in [0, 0.1) is 5.41 Å². The first-order valence-electron chi connectivity index (χ1n) is 6.77. The first kappa shape index (κ1) is 15.2. The van der Waals surface area contributed by atoms with E-state index < -0.39 is 0 Å². The maximum Gasteiger partial charge on any atom is 0.0557 e. The molecule has 2 nitrogen and oxygen atoms in total. The van der Waals surface area contributed by atoms with E-state index in [2.05, 4.69) is 57.0 Å². The van der Waals surface area contributed by atoms with E-state index in [0.717, 1.165) is 25.9 Å². The van der Waals surface area contributed by atoms with Gasteiger partial charge in [0.15, 0.2) is 0 Å². The molecule has 0 aromatic heterocycles. The van der Waals surface area contributed by atoms with E-state index in [4.69, 9.17) is 0 Å². The van der Waals surface area contributed by atoms with Gasteiger partial charge in [0.05, 0.1) is 6.10 Å². The van der Waals surface area contributed by atoms with Gasteiger partial charge < -0.3 is 10.0 Å². The molecule has 0 aliphatic rings. The Labute approximate surface area is 112 Å². The van der Waals surface area contributed by atoms with Crippen LogP contribution in [0.5, 0.6) is 0 Å². The van der Waals surface area contributed by atoms with Gasteiger partial charge in [0.1, 0.15) is 0 Å². The molecule has 1 aromatic carbocycles. The third kappa shape index (κ3) is 6.77. The zero-order chi connectivity index (χ0) is 13.6. The lowest BCUT2D eigenvalue weighted by atomic mass is 9.88. The van der Waals surface area contributed by atoms with Crippen molar-refractivity contribution in [2.45, 2.75) is 46.3 Å². The average Bonchev–Trinajstić information content (AvgIpc) is 2.25. The SMILES string of the molecule is CN(CC[C@@H](O)CC(C)(C)C)Cc1ccccc1. The summed E-state index contributed by atoms with van der Waals surface area (Å²) in [6, 6.07) is 10.5. The number of benzene rings is 1. The predicted octanol–water partition coefficient (Wildman–Crippen LogP) is 3.31. The smallest absolute Gasteiger partial charge is 0.0557 e. The monoisotopic (exact) mass is 249 g/mol. The molecule has 2 heteroatoms. The van der Waals surface area contributed by atoms with Crippen molar-refractivity contribution in [1.82, 2.24) is 4.90 Å². The fourth-order valence-electron chi connectivity index (χ4n) is 2.15. The summed E-state index contributed by atoms with van der Waals surface area (Å²) in [6.45, 7) is 8.40. The summed E-state index contributed by atoms with van der Waals surface area (Å²) >= 11 is 0. The number of hydrogen-bond acceptors (Lipinski definition) is 2. The molecule has 1 aromatic rings. The maximum absolute atomic E-state index is 9.97. The van der Waals surface area contributed by atoms with Gasteiger partial charge in [0, 0.05) is 13.1 Å². The zero-order valence-electron chi connectivity index (χ0n) is 12.2. The topological polar surface area (TPSA) is 23.5 Å². The van der Waals surface area contributed by atoms with Gasteiger partial charge in [-0.25, -0.2) is 0 Å². The van der Waals surface area contributed by atoms with Gasteiger partial charge in [-0.1, -0.05) is 51.1 Å². The Balaban J connectivity index is 2.27. The third-order valence-corrected chi connectivity index (χ3v) is 2.99. The Hall–Kier alpha value is -0.860. The normalized spacial score (nSPS) is 13.9. The van der Waals surface area contributed by atoms with Crippen molar-refractivity contribution in [3.63, 3.8) is 0 Å². The minimum Gasteiger partial charge on any atom is -0.393 e. The number of aliphatic hydroxyl groups is 1. The third-order valence-electron chi connectivity index (χ3n) is 2.99. The minimum atomic E-state index is -0.191. The summed E-state index contributed by atoms with van der Waals surface area (Å²) in [6.07, 6.45) is 1.52. The van der Waals surface area contributed by atoms with Crippen LogP contribution >= 0.6 is 0 Å². The van der Waals surface area contributed by atoms with E-state index in [1.54, 1.807) is 0 Å². The Kier molecular flexibility index (Phi) is 5.83. The largest absolute Gasteiger partial charge is 0.393 e. The van der Waals surface area contributed by atoms with Crippen LogP contribution in [0.2, 0.25) is 0 Å². The molecule has 102 valence electrons. The van der Waals surface area contributed by atoms with Crippen LogP contribution in [0.15, 0.2) is 30.3 Å². The van der Waals surface area contributed by atoms with Crippen LogP contribution in [0.3, 0.4) is 0 Å². The van der Waals surface area contributed by atoms with Crippen molar-refractivity contribution in [2.75, 3.05) is 13.6 Å². The summed E-state index contributed by atoms with van der Waals surface area (Å²) < 4.78 is 0. The molecular weight excluding hydrogens is 222 g/mol. The molecule has 0 bridgehead atoms. The number of aliphatic hydroxyl groups excluding tert-OH is 1. The molecule has 1 atom stereocenters. The Morgan fingerprint density at radius 3 is 2.33 bits per heavy atom. The minimum absolute atomic E-state index is 0.191. The van der Waals surface area contributed by atoms with Crippen LogP contribution < -0.4 is 0 Å². The lowest BCUT2D eigenvalue weighted by Crippen LogP contribution is -2.25. The summed E-state index contributed by atoms with van der Waals surface area (Å²) in [7, 11) is 2.11. The highest BCUT2D eigenvalue weighted by molar-refractivity contribution is 5.14. The summed E-state index contributed by atoms with van der Waals surface area (Å²) in [5.74, 6) is 0. The highest BCUT2D eigenvalue weighted by atomic mass is 16.3. The molecule has 0 saturated heterocycles. The first-order valence-corrected chi connectivity index (χ1v) is 6.77. The molecule has 1 N–H and O–H groups in total. The molecule has 0 amide bonds. The summed E-state index contributed by atoms with van der Waals surface area (Å²) in [5.41, 5.74) is 1.53. The van der Waals surface area contributed by atoms with Crippen LogP contribution in [-0.4, -0.2) is 29.7 Å². The van der Waals surface area contributed by atoms with Gasteiger partial charge in [-0.15, -0.1) is 0 Å². The van der Waals surface area contributed by atoms with Crippen molar-refractivity contribution in [2.24, 2.45) is 5.41 Å². The standard InChI is InChI=1S/C16H27NO/c1-16(2,3)12-15(18)10-11-17(4)13-14-8-6-5-7-9-14/h5-9,15,18H,10-13H2,1-4H3/t15-/m1/s1. The lowest BCUT2D eigenvalue weighted by Gasteiger charge is -2.24. The van der Waals surface area contributed by atoms with E-state index in [9.17, 15) is 5.11 Å². The first-order chi connectivity index (χ1) is 8.37. The molecule has 0 heterocycles. The van der Waals surface area contributed by atoms with Crippen LogP contribution in [0.1, 0.15) is 39.2 Å². The van der Waals surface area contributed by atoms with Gasteiger partial charge in [0.2, 0.25) is 0 Å². The highest BCUT2D eigenvalue weighted by Crippen LogP contribution is 2.22. The van der Waals surface area contributed by atoms with E-state index in [1.165, 1.54) is 5.56 Å². The second kappa shape index (κ2) is 6.91. The molecule has 0 aliphatic carbocycles. The Bertz CT molecular complexity index is 329. The van der Waals surface area contributed by atoms with Crippen molar-refractivity contribution in [3.05, 3.63) is 35.9 Å². The zero-order valence-corrected chi connectivity index (χ0v) is 12.2. The average molecular weight is 249 g/mol. The Morgan fingerprint density at radius 1 is 1.17 bits per heavy atom. The van der Waals surface area contributed by atoms with Crippen molar-refractivity contribution in [1.29, 1.82) is 0 Å². The molecule has 18 heavy (non-hydrogen) atoms. The molecule has 0 unspecified atom stereocenters. The van der Waals surface area contributed by atoms with Crippen LogP contribution in [-0.2, 0) is 6.54 Å². The van der Waals surface area contributed by atoms with Gasteiger partial charge in [-0.3, -0.25) is 0 Å². The van der Waals surface area contributed by atoms with E-state index in [1.807, 2.05) is 6.07 Å². The molecule has 0 saturated carbocycles. The number of hydrogen-bond donors (Lipinski definition) is 1. The predicted molar refractivity (Wildman–Crippen MR) is 77.5 cm³/mol. The summed E-state index contributed by atoms with van der Waals surface area (Å²) in [5, 5.41) is 9.97. The van der Waals surface area contributed by atoms with Crippen LogP contribution in [0.25, 0.3) is 0 Å². The van der Waals surface area contributed by atoms with Gasteiger partial charge in [-0.05, 0) is 30.9 Å². The maximum atomic E-state index is 9.97. The molecule has 0 radical (unpaired) electrons. The van der Waals surface area contributed by atoms with Crippen molar-refractivity contribution >= 4 is 0 Å². The molecule has 0 aliphatic heterocycles. The van der Waals surface area contributed by atoms with E-state index in [0.29, 0.717) is 0 Å². The fourth-order valence-corrected chi connectivity index (χ4v) is 2.15. The molecule has 0 spiro atoms. The number of nitrogens with zero attached hydrogens (tertiary/aromatic N) is 1. The van der Waals surface area contributed by atoms with Gasteiger partial charge in [0.25, 0.3) is 0 Å². The van der Waals surface area contributed by atoms with Gasteiger partial charge in [-0.2, -0.15) is 0 Å².